The summed E-state index contributed by atoms with van der Waals surface area (Å²) < 4.78 is 11.6. The quantitative estimate of drug-likeness (QED) is 0.612. The second-order valence-electron chi connectivity index (χ2n) is 5.95. The summed E-state index contributed by atoms with van der Waals surface area (Å²) in [5, 5.41) is 0. The Hall–Kier alpha value is -1.80. The Morgan fingerprint density at radius 2 is 2.00 bits per heavy atom. The van der Waals surface area contributed by atoms with Gasteiger partial charge in [0.05, 0.1) is 13.2 Å². The Balaban J connectivity index is 2.04. The predicted molar refractivity (Wildman–Crippen MR) is 79.5 cm³/mol. The fourth-order valence-electron chi connectivity index (χ4n) is 3.31. The Morgan fingerprint density at radius 1 is 1.24 bits per heavy atom. The third kappa shape index (κ3) is 2.56. The molecule has 4 nitrogen and oxygen atoms in total. The lowest BCUT2D eigenvalue weighted by Crippen LogP contribution is -2.27. The van der Waals surface area contributed by atoms with Crippen LogP contribution >= 0.6 is 0 Å². The fraction of sp³-hybridized carbons (Fsp3) is 0.588. The summed E-state index contributed by atoms with van der Waals surface area (Å²) in [5.74, 6) is 1.50. The van der Waals surface area contributed by atoms with Crippen LogP contribution in [0.4, 0.5) is 0 Å². The van der Waals surface area contributed by atoms with Gasteiger partial charge in [0.25, 0.3) is 0 Å². The molecule has 0 radical (unpaired) electrons. The molecule has 0 saturated heterocycles. The summed E-state index contributed by atoms with van der Waals surface area (Å²) in [6.07, 6.45) is 9.31. The molecular formula is C17H21NO3. The monoisotopic (exact) mass is 287 g/mol. The SMILES string of the molecule is COc1cccc(C2(N=C=O)CCCC2)c1OC1CCC1. The minimum Gasteiger partial charge on any atom is -0.493 e. The molecule has 0 spiro atoms. The van der Waals surface area contributed by atoms with Crippen molar-refractivity contribution in [3.8, 4) is 11.5 Å². The Kier molecular flexibility index (Phi) is 3.98. The smallest absolute Gasteiger partial charge is 0.235 e. The molecule has 0 heterocycles. The second-order valence-corrected chi connectivity index (χ2v) is 5.95. The molecule has 3 rings (SSSR count). The van der Waals surface area contributed by atoms with Gasteiger partial charge in [-0.05, 0) is 38.2 Å². The van der Waals surface area contributed by atoms with Crippen LogP contribution in [0.3, 0.4) is 0 Å². The number of hydrogen-bond acceptors (Lipinski definition) is 4. The molecule has 0 unspecified atom stereocenters. The van der Waals surface area contributed by atoms with E-state index in [1.54, 1.807) is 13.2 Å². The van der Waals surface area contributed by atoms with Crippen molar-refractivity contribution >= 4 is 6.08 Å². The number of para-hydroxylation sites is 1. The van der Waals surface area contributed by atoms with Gasteiger partial charge in [-0.25, -0.2) is 4.79 Å². The summed E-state index contributed by atoms with van der Waals surface area (Å²) in [6.45, 7) is 0. The van der Waals surface area contributed by atoms with Crippen molar-refractivity contribution in [2.45, 2.75) is 56.6 Å². The van der Waals surface area contributed by atoms with E-state index in [0.717, 1.165) is 55.6 Å². The van der Waals surface area contributed by atoms with Gasteiger partial charge in [0.2, 0.25) is 6.08 Å². The number of carbonyl (C=O) groups excluding carboxylic acids is 1. The second kappa shape index (κ2) is 5.90. The van der Waals surface area contributed by atoms with Crippen molar-refractivity contribution in [3.63, 3.8) is 0 Å². The molecule has 1 aromatic carbocycles. The van der Waals surface area contributed by atoms with Crippen LogP contribution < -0.4 is 9.47 Å². The number of aliphatic imine (C=N–C) groups is 1. The highest BCUT2D eigenvalue weighted by Crippen LogP contribution is 2.49. The standard InChI is InChI=1S/C17H21NO3/c1-20-15-9-5-8-14(16(15)21-13-6-4-7-13)17(18-12-19)10-2-3-11-17/h5,8-9,13H,2-4,6-7,10-11H2,1H3. The Labute approximate surface area is 125 Å². The van der Waals surface area contributed by atoms with Crippen LogP contribution in [0.15, 0.2) is 23.2 Å². The van der Waals surface area contributed by atoms with Gasteiger partial charge in [0.1, 0.15) is 5.54 Å². The molecule has 2 aliphatic rings. The average molecular weight is 287 g/mol. The summed E-state index contributed by atoms with van der Waals surface area (Å²) in [4.78, 5) is 15.1. The van der Waals surface area contributed by atoms with E-state index in [1.165, 1.54) is 6.42 Å². The number of rotatable bonds is 5. The molecule has 0 atom stereocenters. The van der Waals surface area contributed by atoms with E-state index in [0.29, 0.717) is 0 Å². The van der Waals surface area contributed by atoms with Crippen molar-refractivity contribution in [1.29, 1.82) is 0 Å². The van der Waals surface area contributed by atoms with Crippen LogP contribution in [0, 0.1) is 0 Å². The molecule has 0 aromatic heterocycles. The maximum atomic E-state index is 10.9. The first-order valence-corrected chi connectivity index (χ1v) is 7.72. The Bertz CT molecular complexity index is 553. The van der Waals surface area contributed by atoms with Gasteiger partial charge in [0, 0.05) is 5.56 Å². The highest BCUT2D eigenvalue weighted by atomic mass is 16.5. The highest BCUT2D eigenvalue weighted by molar-refractivity contribution is 5.52. The first-order valence-electron chi connectivity index (χ1n) is 7.72. The zero-order valence-electron chi connectivity index (χ0n) is 12.4. The van der Waals surface area contributed by atoms with E-state index in [9.17, 15) is 4.79 Å². The van der Waals surface area contributed by atoms with Gasteiger partial charge in [-0.1, -0.05) is 25.0 Å². The van der Waals surface area contributed by atoms with Crippen LogP contribution in [0.25, 0.3) is 0 Å². The molecule has 4 heteroatoms. The predicted octanol–water partition coefficient (Wildman–Crippen LogP) is 3.73. The van der Waals surface area contributed by atoms with Crippen molar-refractivity contribution < 1.29 is 14.3 Å². The Morgan fingerprint density at radius 3 is 2.57 bits per heavy atom. The number of isocyanates is 1. The van der Waals surface area contributed by atoms with E-state index >= 15 is 0 Å². The third-order valence-corrected chi connectivity index (χ3v) is 4.73. The maximum absolute atomic E-state index is 10.9. The van der Waals surface area contributed by atoms with Crippen molar-refractivity contribution in [2.24, 2.45) is 4.99 Å². The van der Waals surface area contributed by atoms with E-state index in [1.807, 2.05) is 18.2 Å². The van der Waals surface area contributed by atoms with Crippen molar-refractivity contribution in [1.82, 2.24) is 0 Å². The van der Waals surface area contributed by atoms with Crippen LogP contribution in [-0.4, -0.2) is 19.3 Å². The topological polar surface area (TPSA) is 47.9 Å². The van der Waals surface area contributed by atoms with E-state index < -0.39 is 5.54 Å². The first-order chi connectivity index (χ1) is 10.3. The van der Waals surface area contributed by atoms with Crippen molar-refractivity contribution in [2.75, 3.05) is 7.11 Å². The number of ether oxygens (including phenoxy) is 2. The molecule has 2 aliphatic carbocycles. The zero-order chi connectivity index (χ0) is 14.7. The zero-order valence-corrected chi connectivity index (χ0v) is 12.4. The van der Waals surface area contributed by atoms with Crippen LogP contribution in [0.1, 0.15) is 50.5 Å². The van der Waals surface area contributed by atoms with Gasteiger partial charge in [-0.3, -0.25) is 0 Å². The largest absolute Gasteiger partial charge is 0.493 e. The van der Waals surface area contributed by atoms with E-state index in [2.05, 4.69) is 4.99 Å². The lowest BCUT2D eigenvalue weighted by atomic mass is 9.87. The molecule has 112 valence electrons. The number of benzene rings is 1. The fourth-order valence-corrected chi connectivity index (χ4v) is 3.31. The van der Waals surface area contributed by atoms with E-state index in [-0.39, 0.29) is 6.10 Å². The minimum atomic E-state index is -0.477. The maximum Gasteiger partial charge on any atom is 0.235 e. The minimum absolute atomic E-state index is 0.263. The van der Waals surface area contributed by atoms with Gasteiger partial charge in [-0.2, -0.15) is 4.99 Å². The lowest BCUT2D eigenvalue weighted by Gasteiger charge is -2.32. The first kappa shape index (κ1) is 14.2. The average Bonchev–Trinajstić information content (AvgIpc) is 2.92. The van der Waals surface area contributed by atoms with Gasteiger partial charge >= 0.3 is 0 Å². The molecule has 0 amide bonds. The molecule has 2 fully saturated rings. The molecule has 1 aromatic rings. The third-order valence-electron chi connectivity index (χ3n) is 4.73. The van der Waals surface area contributed by atoms with Gasteiger partial charge in [-0.15, -0.1) is 0 Å². The molecular weight excluding hydrogens is 266 g/mol. The molecule has 2 saturated carbocycles. The summed E-state index contributed by atoms with van der Waals surface area (Å²) in [7, 11) is 1.65. The van der Waals surface area contributed by atoms with Crippen molar-refractivity contribution in [3.05, 3.63) is 23.8 Å². The highest BCUT2D eigenvalue weighted by Gasteiger charge is 2.39. The summed E-state index contributed by atoms with van der Waals surface area (Å²) in [6, 6.07) is 5.87. The van der Waals surface area contributed by atoms with Crippen LogP contribution in [-0.2, 0) is 10.3 Å². The molecule has 0 aliphatic heterocycles. The van der Waals surface area contributed by atoms with Gasteiger partial charge in [0.15, 0.2) is 11.5 Å². The molecule has 21 heavy (non-hydrogen) atoms. The lowest BCUT2D eigenvalue weighted by molar-refractivity contribution is 0.112. The number of nitrogens with zero attached hydrogens (tertiary/aromatic N) is 1. The normalized spacial score (nSPS) is 20.4. The van der Waals surface area contributed by atoms with Crippen LogP contribution in [0.2, 0.25) is 0 Å². The molecule has 0 N–H and O–H groups in total. The molecule has 0 bridgehead atoms. The number of methoxy groups -OCH3 is 1. The van der Waals surface area contributed by atoms with Gasteiger partial charge < -0.3 is 9.47 Å². The van der Waals surface area contributed by atoms with E-state index in [4.69, 9.17) is 9.47 Å². The summed E-state index contributed by atoms with van der Waals surface area (Å²) >= 11 is 0. The number of hydrogen-bond donors (Lipinski definition) is 0. The summed E-state index contributed by atoms with van der Waals surface area (Å²) in [5.41, 5.74) is 0.504. The van der Waals surface area contributed by atoms with Crippen LogP contribution in [0.5, 0.6) is 11.5 Å².